The summed E-state index contributed by atoms with van der Waals surface area (Å²) >= 11 is 0. The van der Waals surface area contributed by atoms with Gasteiger partial charge < -0.3 is 4.74 Å². The van der Waals surface area contributed by atoms with Gasteiger partial charge in [0.1, 0.15) is 12.4 Å². The Bertz CT molecular complexity index is 540. The largest absolute Gasteiger partial charge is 0.492 e. The van der Waals surface area contributed by atoms with Gasteiger partial charge in [-0.25, -0.2) is 13.1 Å². The highest BCUT2D eigenvalue weighted by Crippen LogP contribution is 2.29. The van der Waals surface area contributed by atoms with Crippen molar-refractivity contribution in [2.75, 3.05) is 18.9 Å². The number of hydrogen-bond acceptors (Lipinski definition) is 3. The Morgan fingerprint density at radius 1 is 1.25 bits per heavy atom. The molecule has 0 radical (unpaired) electrons. The van der Waals surface area contributed by atoms with Gasteiger partial charge in [-0.1, -0.05) is 19.1 Å². The highest BCUT2D eigenvalue weighted by molar-refractivity contribution is 7.89. The van der Waals surface area contributed by atoms with E-state index in [-0.39, 0.29) is 5.75 Å². The van der Waals surface area contributed by atoms with Crippen LogP contribution in [0.15, 0.2) is 18.2 Å². The molecule has 0 atom stereocenters. The summed E-state index contributed by atoms with van der Waals surface area (Å²) in [5.74, 6) is 1.09. The minimum Gasteiger partial charge on any atom is -0.492 e. The Labute approximate surface area is 121 Å². The van der Waals surface area contributed by atoms with Crippen molar-refractivity contribution in [2.24, 2.45) is 0 Å². The number of nitrogens with one attached hydrogen (secondary N) is 1. The molecule has 0 bridgehead atoms. The molecule has 5 heteroatoms. The van der Waals surface area contributed by atoms with Crippen molar-refractivity contribution < 1.29 is 13.2 Å². The van der Waals surface area contributed by atoms with Crippen LogP contribution in [0.3, 0.4) is 0 Å². The Kier molecular flexibility index (Phi) is 5.43. The number of ether oxygens (including phenoxy) is 1. The fraction of sp³-hybridized carbons (Fsp3) is 0.600. The Morgan fingerprint density at radius 3 is 2.85 bits per heavy atom. The second-order valence-corrected chi connectivity index (χ2v) is 7.09. The summed E-state index contributed by atoms with van der Waals surface area (Å²) in [4.78, 5) is 0. The molecule has 1 aliphatic carbocycles. The van der Waals surface area contributed by atoms with Gasteiger partial charge in [-0.3, -0.25) is 0 Å². The lowest BCUT2D eigenvalue weighted by Crippen LogP contribution is -2.30. The van der Waals surface area contributed by atoms with Crippen LogP contribution >= 0.6 is 0 Å². The van der Waals surface area contributed by atoms with E-state index in [1.165, 1.54) is 24.0 Å². The smallest absolute Gasteiger partial charge is 0.211 e. The lowest BCUT2D eigenvalue weighted by atomic mass is 9.91. The van der Waals surface area contributed by atoms with E-state index in [2.05, 4.69) is 10.8 Å². The molecular formula is C15H23NO3S. The summed E-state index contributed by atoms with van der Waals surface area (Å²) in [6, 6.07) is 6.15. The normalized spacial score (nSPS) is 14.8. The molecule has 1 aliphatic rings. The van der Waals surface area contributed by atoms with Crippen molar-refractivity contribution >= 4 is 10.0 Å². The zero-order chi connectivity index (χ0) is 14.4. The molecule has 2 rings (SSSR count). The number of hydrogen-bond donors (Lipinski definition) is 1. The number of sulfonamides is 1. The molecule has 0 saturated heterocycles. The second kappa shape index (κ2) is 7.09. The summed E-state index contributed by atoms with van der Waals surface area (Å²) in [5, 5.41) is 0. The first-order valence-corrected chi connectivity index (χ1v) is 8.98. The highest BCUT2D eigenvalue weighted by atomic mass is 32.2. The zero-order valence-corrected chi connectivity index (χ0v) is 12.8. The average molecular weight is 297 g/mol. The van der Waals surface area contributed by atoms with Crippen molar-refractivity contribution in [3.05, 3.63) is 29.3 Å². The third kappa shape index (κ3) is 4.21. The first kappa shape index (κ1) is 15.3. The maximum atomic E-state index is 11.5. The summed E-state index contributed by atoms with van der Waals surface area (Å²) in [7, 11) is -3.13. The van der Waals surface area contributed by atoms with Gasteiger partial charge >= 0.3 is 0 Å². The fourth-order valence-electron chi connectivity index (χ4n) is 2.58. The SMILES string of the molecule is CCCS(=O)(=O)NCCOc1cccc2c1CCCC2. The van der Waals surface area contributed by atoms with Gasteiger partial charge in [-0.15, -0.1) is 0 Å². The van der Waals surface area contributed by atoms with E-state index >= 15 is 0 Å². The molecule has 1 N–H and O–H groups in total. The Balaban J connectivity index is 1.86. The monoisotopic (exact) mass is 297 g/mol. The fourth-order valence-corrected chi connectivity index (χ4v) is 3.66. The van der Waals surface area contributed by atoms with Crippen LogP contribution in [0.4, 0.5) is 0 Å². The van der Waals surface area contributed by atoms with E-state index in [4.69, 9.17) is 4.74 Å². The van der Waals surface area contributed by atoms with Crippen molar-refractivity contribution in [1.29, 1.82) is 0 Å². The number of benzene rings is 1. The lowest BCUT2D eigenvalue weighted by Gasteiger charge is -2.19. The number of rotatable bonds is 7. The third-order valence-corrected chi connectivity index (χ3v) is 5.10. The van der Waals surface area contributed by atoms with Crippen LogP contribution in [0.5, 0.6) is 5.75 Å². The number of aryl methyl sites for hydroxylation is 1. The summed E-state index contributed by atoms with van der Waals surface area (Å²) in [5.41, 5.74) is 2.68. The predicted molar refractivity (Wildman–Crippen MR) is 80.7 cm³/mol. The van der Waals surface area contributed by atoms with Crippen LogP contribution in [0.2, 0.25) is 0 Å². The van der Waals surface area contributed by atoms with Gasteiger partial charge in [-0.05, 0) is 49.3 Å². The van der Waals surface area contributed by atoms with Crippen LogP contribution in [0.1, 0.15) is 37.3 Å². The molecule has 4 nitrogen and oxygen atoms in total. The molecule has 0 spiro atoms. The first-order valence-electron chi connectivity index (χ1n) is 7.33. The Morgan fingerprint density at radius 2 is 2.05 bits per heavy atom. The summed E-state index contributed by atoms with van der Waals surface area (Å²) in [6.45, 7) is 2.55. The van der Waals surface area contributed by atoms with Crippen LogP contribution in [-0.4, -0.2) is 27.3 Å². The van der Waals surface area contributed by atoms with E-state index in [1.807, 2.05) is 19.1 Å². The maximum Gasteiger partial charge on any atom is 0.211 e. The molecule has 0 fully saturated rings. The first-order chi connectivity index (χ1) is 9.62. The van der Waals surface area contributed by atoms with Crippen LogP contribution in [0.25, 0.3) is 0 Å². The third-order valence-electron chi connectivity index (χ3n) is 3.51. The highest BCUT2D eigenvalue weighted by Gasteiger charge is 2.14. The van der Waals surface area contributed by atoms with Crippen molar-refractivity contribution in [1.82, 2.24) is 4.72 Å². The molecule has 0 saturated carbocycles. The Hall–Kier alpha value is -1.07. The predicted octanol–water partition coefficient (Wildman–Crippen LogP) is 2.27. The second-order valence-electron chi connectivity index (χ2n) is 5.16. The van der Waals surface area contributed by atoms with E-state index in [0.717, 1.165) is 18.6 Å². The van der Waals surface area contributed by atoms with E-state index in [9.17, 15) is 8.42 Å². The van der Waals surface area contributed by atoms with Gasteiger partial charge in [0.05, 0.1) is 5.75 Å². The van der Waals surface area contributed by atoms with Crippen molar-refractivity contribution in [3.63, 3.8) is 0 Å². The minimum atomic E-state index is -3.13. The van der Waals surface area contributed by atoms with Gasteiger partial charge in [0.15, 0.2) is 0 Å². The van der Waals surface area contributed by atoms with Gasteiger partial charge in [0, 0.05) is 6.54 Å². The van der Waals surface area contributed by atoms with Gasteiger partial charge in [-0.2, -0.15) is 0 Å². The topological polar surface area (TPSA) is 55.4 Å². The van der Waals surface area contributed by atoms with Crippen molar-refractivity contribution in [3.8, 4) is 5.75 Å². The van der Waals surface area contributed by atoms with Gasteiger partial charge in [0.2, 0.25) is 10.0 Å². The summed E-state index contributed by atoms with van der Waals surface area (Å²) < 4.78 is 31.3. The van der Waals surface area contributed by atoms with Crippen LogP contribution < -0.4 is 9.46 Å². The quantitative estimate of drug-likeness (QED) is 0.786. The standard InChI is InChI=1S/C15H23NO3S/c1-2-12-20(17,18)16-10-11-19-15-9-5-7-13-6-3-4-8-14(13)15/h5,7,9,16H,2-4,6,8,10-12H2,1H3. The van der Waals surface area contributed by atoms with E-state index in [0.29, 0.717) is 19.6 Å². The lowest BCUT2D eigenvalue weighted by molar-refractivity contribution is 0.318. The zero-order valence-electron chi connectivity index (χ0n) is 12.0. The van der Waals surface area contributed by atoms with E-state index < -0.39 is 10.0 Å². The molecular weight excluding hydrogens is 274 g/mol. The molecule has 1 aromatic rings. The molecule has 0 aromatic heterocycles. The van der Waals surface area contributed by atoms with Crippen LogP contribution in [0, 0.1) is 0 Å². The molecule has 0 aliphatic heterocycles. The maximum absolute atomic E-state index is 11.5. The van der Waals surface area contributed by atoms with Crippen LogP contribution in [-0.2, 0) is 22.9 Å². The molecule has 0 heterocycles. The summed E-state index contributed by atoms with van der Waals surface area (Å²) in [6.07, 6.45) is 5.26. The van der Waals surface area contributed by atoms with Crippen molar-refractivity contribution in [2.45, 2.75) is 39.0 Å². The molecule has 20 heavy (non-hydrogen) atoms. The average Bonchev–Trinajstić information content (AvgIpc) is 2.43. The molecule has 0 amide bonds. The molecule has 0 unspecified atom stereocenters. The minimum absolute atomic E-state index is 0.174. The number of fused-ring (bicyclic) bond motifs is 1. The van der Waals surface area contributed by atoms with Gasteiger partial charge in [0.25, 0.3) is 0 Å². The molecule has 1 aromatic carbocycles. The molecule has 112 valence electrons. The van der Waals surface area contributed by atoms with E-state index in [1.54, 1.807) is 0 Å².